The van der Waals surface area contributed by atoms with Gasteiger partial charge in [0.25, 0.3) is 0 Å². The van der Waals surface area contributed by atoms with Crippen LogP contribution in [0.15, 0.2) is 212 Å². The van der Waals surface area contributed by atoms with Gasteiger partial charge in [-0.2, -0.15) is 0 Å². The normalized spacial score (nSPS) is 13.2. The van der Waals surface area contributed by atoms with Crippen LogP contribution in [-0.2, 0) is 5.41 Å². The molecule has 0 radical (unpaired) electrons. The van der Waals surface area contributed by atoms with Gasteiger partial charge in [-0.25, -0.2) is 4.98 Å². The Kier molecular flexibility index (Phi) is 8.58. The van der Waals surface area contributed by atoms with Gasteiger partial charge in [-0.05, 0) is 76.2 Å². The lowest BCUT2D eigenvalue weighted by Crippen LogP contribution is -2.24. The summed E-state index contributed by atoms with van der Waals surface area (Å²) in [5.41, 5.74) is 12.9. The van der Waals surface area contributed by atoms with E-state index in [1.54, 1.807) is 6.07 Å². The zero-order valence-corrected chi connectivity index (χ0v) is 35.4. The van der Waals surface area contributed by atoms with E-state index in [-0.39, 0.29) is 29.3 Å². The smallest absolute Gasteiger partial charge is 0.137 e. The average Bonchev–Trinajstić information content (AvgIpc) is 3.90. The summed E-state index contributed by atoms with van der Waals surface area (Å²) in [5.74, 6) is 1.49. The van der Waals surface area contributed by atoms with Crippen molar-refractivity contribution in [3.63, 3.8) is 0 Å². The van der Waals surface area contributed by atoms with Gasteiger partial charge >= 0.3 is 0 Å². The van der Waals surface area contributed by atoms with E-state index in [4.69, 9.17) is 12.5 Å². The molecule has 0 spiro atoms. The predicted molar refractivity (Wildman–Crippen MR) is 262 cm³/mol. The van der Waals surface area contributed by atoms with E-state index >= 15 is 0 Å². The van der Waals surface area contributed by atoms with Crippen molar-refractivity contribution >= 4 is 44.6 Å². The number of ether oxygens (including phenoxy) is 1. The van der Waals surface area contributed by atoms with Crippen LogP contribution in [0.5, 0.6) is 11.5 Å². The van der Waals surface area contributed by atoms with E-state index in [0.717, 1.165) is 78.1 Å². The molecule has 0 bridgehead atoms. The molecule has 11 rings (SSSR count). The number of nitrogens with zero attached hydrogens (tertiary/aromatic N) is 4. The van der Waals surface area contributed by atoms with Gasteiger partial charge in [-0.15, -0.1) is 0 Å². The summed E-state index contributed by atoms with van der Waals surface area (Å²) >= 11 is 0. The predicted octanol–water partition coefficient (Wildman–Crippen LogP) is 15.5. The third-order valence-electron chi connectivity index (χ3n) is 12.0. The number of para-hydroxylation sites is 4. The first-order chi connectivity index (χ1) is 32.1. The van der Waals surface area contributed by atoms with Crippen LogP contribution in [0, 0.1) is 0 Å². The fourth-order valence-corrected chi connectivity index (χ4v) is 9.12. The molecule has 0 saturated heterocycles. The van der Waals surface area contributed by atoms with Crippen LogP contribution >= 0.6 is 0 Å². The molecule has 0 N–H and O–H groups in total. The second-order valence-corrected chi connectivity index (χ2v) is 17.0. The number of hydrogen-bond acceptors (Lipinski definition) is 4. The van der Waals surface area contributed by atoms with Crippen molar-refractivity contribution in [3.8, 4) is 50.7 Å². The van der Waals surface area contributed by atoms with Gasteiger partial charge in [0.05, 0.1) is 32.2 Å². The summed E-state index contributed by atoms with van der Waals surface area (Å²) in [4.78, 5) is 9.47. The molecular weight excluding hydrogens is 769 g/mol. The molecule has 10 aromatic rings. The highest BCUT2D eigenvalue weighted by Gasteiger charge is 2.31. The first-order valence-electron chi connectivity index (χ1n) is 22.9. The molecule has 1 aliphatic heterocycles. The largest absolute Gasteiger partial charge is 0.457 e. The van der Waals surface area contributed by atoms with Crippen LogP contribution in [0.1, 0.15) is 30.4 Å². The molecular formula is C58H46N4O. The van der Waals surface area contributed by atoms with E-state index in [2.05, 4.69) is 169 Å². The number of rotatable bonds is 8. The molecule has 3 heterocycles. The highest BCUT2D eigenvalue weighted by atomic mass is 16.5. The zero-order chi connectivity index (χ0) is 45.1. The van der Waals surface area contributed by atoms with Crippen LogP contribution in [0.2, 0.25) is 0 Å². The lowest BCUT2D eigenvalue weighted by Gasteiger charge is -2.27. The maximum Gasteiger partial charge on any atom is 0.137 e. The van der Waals surface area contributed by atoms with Gasteiger partial charge in [0, 0.05) is 51.5 Å². The van der Waals surface area contributed by atoms with Crippen molar-refractivity contribution in [2.45, 2.75) is 26.2 Å². The molecule has 5 nitrogen and oxygen atoms in total. The number of anilines is 4. The number of benzene rings is 8. The molecule has 8 aromatic carbocycles. The van der Waals surface area contributed by atoms with Gasteiger partial charge < -0.3 is 14.5 Å². The molecule has 304 valence electrons. The van der Waals surface area contributed by atoms with Crippen LogP contribution in [0.4, 0.5) is 22.7 Å². The van der Waals surface area contributed by atoms with Gasteiger partial charge in [0.1, 0.15) is 24.0 Å². The van der Waals surface area contributed by atoms with Crippen molar-refractivity contribution in [3.05, 3.63) is 218 Å². The minimum absolute atomic E-state index is 0.0427. The van der Waals surface area contributed by atoms with Crippen molar-refractivity contribution in [1.82, 2.24) is 9.55 Å². The standard InChI is InChI=1S/C58H46N4O/c1-58(2,3)51-37-56(59-38-50(51)42-23-11-6-12-24-42)62-52-30-14-13-27-48(52)49-34-33-45(36-55(49)62)63-44-26-17-25-43(35-44)60-39-61(54-32-16-15-31-53(54)60)57-46(40-19-7-4-8-20-40)28-18-29-47(57)41-21-9-5-10-22-41/h4-38H,39H2,1-3H3/i17D,25D,26D. The molecule has 0 aliphatic carbocycles. The third kappa shape index (κ3) is 6.88. The van der Waals surface area contributed by atoms with Crippen LogP contribution in [0.3, 0.4) is 0 Å². The van der Waals surface area contributed by atoms with Crippen LogP contribution in [-0.4, -0.2) is 16.2 Å². The summed E-state index contributed by atoms with van der Waals surface area (Å²) in [6, 6.07) is 63.7. The first kappa shape index (κ1) is 34.8. The number of aromatic nitrogens is 2. The lowest BCUT2D eigenvalue weighted by atomic mass is 9.82. The van der Waals surface area contributed by atoms with Crippen molar-refractivity contribution < 1.29 is 8.85 Å². The van der Waals surface area contributed by atoms with Gasteiger partial charge in [-0.1, -0.05) is 166 Å². The third-order valence-corrected chi connectivity index (χ3v) is 12.0. The van der Waals surface area contributed by atoms with Crippen LogP contribution < -0.4 is 14.5 Å². The monoisotopic (exact) mass is 817 g/mol. The van der Waals surface area contributed by atoms with E-state index in [1.807, 2.05) is 54.7 Å². The highest BCUT2D eigenvalue weighted by molar-refractivity contribution is 6.09. The van der Waals surface area contributed by atoms with Gasteiger partial charge in [-0.3, -0.25) is 4.57 Å². The van der Waals surface area contributed by atoms with Gasteiger partial charge in [0.2, 0.25) is 0 Å². The highest BCUT2D eigenvalue weighted by Crippen LogP contribution is 2.50. The number of pyridine rings is 1. The summed E-state index contributed by atoms with van der Waals surface area (Å²) in [6.45, 7) is 7.06. The fraction of sp³-hybridized carbons (Fsp3) is 0.0862. The quantitative estimate of drug-likeness (QED) is 0.153. The Morgan fingerprint density at radius 2 is 1.11 bits per heavy atom. The summed E-state index contributed by atoms with van der Waals surface area (Å²) in [7, 11) is 0. The molecule has 0 amide bonds. The molecule has 0 saturated carbocycles. The summed E-state index contributed by atoms with van der Waals surface area (Å²) in [6.07, 6.45) is 1.98. The Hall–Kier alpha value is -7.89. The topological polar surface area (TPSA) is 33.5 Å². The SMILES string of the molecule is [2H]c1c(Oc2ccc3c4ccccc4n(-c4cc(C(C)(C)C)c(-c5ccccc5)cn4)c3c2)cc(N2CN(c3c(-c4ccccc4)cccc3-c3ccccc3)c3ccccc32)c([2H])c1[2H]. The van der Waals surface area contributed by atoms with Crippen LogP contribution in [0.25, 0.3) is 61.0 Å². The van der Waals surface area contributed by atoms with Crippen molar-refractivity contribution in [2.75, 3.05) is 16.5 Å². The molecule has 0 unspecified atom stereocenters. The van der Waals surface area contributed by atoms with E-state index in [1.165, 1.54) is 5.56 Å². The minimum atomic E-state index is -0.208. The average molecular weight is 818 g/mol. The Bertz CT molecular complexity index is 3400. The fourth-order valence-electron chi connectivity index (χ4n) is 9.12. The summed E-state index contributed by atoms with van der Waals surface area (Å²) < 4.78 is 36.5. The second kappa shape index (κ2) is 15.5. The Morgan fingerprint density at radius 1 is 0.524 bits per heavy atom. The number of fused-ring (bicyclic) bond motifs is 4. The van der Waals surface area contributed by atoms with Crippen molar-refractivity contribution in [1.29, 1.82) is 0 Å². The Morgan fingerprint density at radius 3 is 1.78 bits per heavy atom. The Balaban J connectivity index is 1.02. The minimum Gasteiger partial charge on any atom is -0.457 e. The van der Waals surface area contributed by atoms with E-state index in [9.17, 15) is 1.37 Å². The van der Waals surface area contributed by atoms with E-state index in [0.29, 0.717) is 18.1 Å². The van der Waals surface area contributed by atoms with E-state index < -0.39 is 0 Å². The number of hydrogen-bond donors (Lipinski definition) is 0. The maximum atomic E-state index is 9.33. The molecule has 0 fully saturated rings. The van der Waals surface area contributed by atoms with Gasteiger partial charge in [0.15, 0.2) is 0 Å². The molecule has 63 heavy (non-hydrogen) atoms. The molecule has 5 heteroatoms. The zero-order valence-electron chi connectivity index (χ0n) is 38.4. The summed E-state index contributed by atoms with van der Waals surface area (Å²) in [5, 5.41) is 2.13. The molecule has 0 atom stereocenters. The molecule has 1 aliphatic rings. The lowest BCUT2D eigenvalue weighted by molar-refractivity contribution is 0.483. The molecule has 2 aromatic heterocycles. The Labute approximate surface area is 373 Å². The first-order valence-corrected chi connectivity index (χ1v) is 21.4. The van der Waals surface area contributed by atoms with Crippen molar-refractivity contribution in [2.24, 2.45) is 0 Å². The maximum absolute atomic E-state index is 9.33. The second-order valence-electron chi connectivity index (χ2n) is 17.0.